The second kappa shape index (κ2) is 8.96. The van der Waals surface area contributed by atoms with Gasteiger partial charge in [-0.15, -0.1) is 0 Å². The maximum absolute atomic E-state index is 11.9. The molecule has 1 N–H and O–H groups in total. The van der Waals surface area contributed by atoms with Crippen molar-refractivity contribution >= 4 is 29.3 Å². The Labute approximate surface area is 166 Å². The summed E-state index contributed by atoms with van der Waals surface area (Å²) < 4.78 is 1.78. The van der Waals surface area contributed by atoms with Gasteiger partial charge in [-0.05, 0) is 35.9 Å². The van der Waals surface area contributed by atoms with Crippen LogP contribution < -0.4 is 5.32 Å². The van der Waals surface area contributed by atoms with E-state index < -0.39 is 4.92 Å². The van der Waals surface area contributed by atoms with Gasteiger partial charge in [-0.3, -0.25) is 14.9 Å². The first-order chi connectivity index (χ1) is 13.5. The molecule has 0 radical (unpaired) electrons. The maximum atomic E-state index is 11.9. The average molecular weight is 397 g/mol. The zero-order valence-electron chi connectivity index (χ0n) is 14.8. The van der Waals surface area contributed by atoms with Crippen LogP contribution >= 0.6 is 11.6 Å². The van der Waals surface area contributed by atoms with Gasteiger partial charge in [0.1, 0.15) is 5.02 Å². The highest BCUT2D eigenvalue weighted by atomic mass is 35.5. The summed E-state index contributed by atoms with van der Waals surface area (Å²) in [6.07, 6.45) is 5.30. The fourth-order valence-corrected chi connectivity index (χ4v) is 2.72. The number of carbonyl (C=O) groups excluding carboxylic acids is 1. The van der Waals surface area contributed by atoms with E-state index in [-0.39, 0.29) is 16.6 Å². The van der Waals surface area contributed by atoms with Gasteiger partial charge in [0.05, 0.1) is 16.3 Å². The van der Waals surface area contributed by atoms with Crippen molar-refractivity contribution in [2.45, 2.75) is 6.42 Å². The Kier molecular flexibility index (Phi) is 6.18. The lowest BCUT2D eigenvalue weighted by molar-refractivity contribution is -0.384. The van der Waals surface area contributed by atoms with Crippen LogP contribution in [0.4, 0.5) is 5.69 Å². The molecule has 1 amide bonds. The zero-order valence-corrected chi connectivity index (χ0v) is 15.5. The zero-order chi connectivity index (χ0) is 19.9. The van der Waals surface area contributed by atoms with E-state index in [2.05, 4.69) is 10.4 Å². The lowest BCUT2D eigenvalue weighted by Gasteiger charge is -2.02. The molecule has 3 rings (SSSR count). The molecular weight excluding hydrogens is 380 g/mol. The molecule has 3 aromatic rings. The predicted molar refractivity (Wildman–Crippen MR) is 107 cm³/mol. The Morgan fingerprint density at radius 1 is 1.21 bits per heavy atom. The van der Waals surface area contributed by atoms with E-state index in [1.807, 2.05) is 42.6 Å². The van der Waals surface area contributed by atoms with Gasteiger partial charge in [-0.25, -0.2) is 4.68 Å². The Morgan fingerprint density at radius 2 is 2.00 bits per heavy atom. The van der Waals surface area contributed by atoms with Crippen LogP contribution in [0.1, 0.15) is 11.3 Å². The standard InChI is InChI=1S/C20H17ClN4O3/c21-18-8-6-15(14-19(18)25(27)28)7-9-20(26)22-12-10-16-11-13-24(23-16)17-4-2-1-3-5-17/h1-9,11,13-14H,10,12H2,(H,22,26)/b9-7+. The van der Waals surface area contributed by atoms with E-state index in [0.717, 1.165) is 11.4 Å². The Morgan fingerprint density at radius 3 is 2.75 bits per heavy atom. The van der Waals surface area contributed by atoms with Crippen LogP contribution in [0.25, 0.3) is 11.8 Å². The highest BCUT2D eigenvalue weighted by Crippen LogP contribution is 2.25. The van der Waals surface area contributed by atoms with E-state index in [4.69, 9.17) is 11.6 Å². The summed E-state index contributed by atoms with van der Waals surface area (Å²) in [6, 6.07) is 16.0. The van der Waals surface area contributed by atoms with Crippen LogP contribution in [0.3, 0.4) is 0 Å². The second-order valence-electron chi connectivity index (χ2n) is 5.93. The van der Waals surface area contributed by atoms with Crippen molar-refractivity contribution in [1.29, 1.82) is 0 Å². The van der Waals surface area contributed by atoms with Crippen LogP contribution in [0, 0.1) is 10.1 Å². The van der Waals surface area contributed by atoms with Crippen molar-refractivity contribution in [3.8, 4) is 5.69 Å². The number of amides is 1. The molecule has 0 saturated carbocycles. The summed E-state index contributed by atoms with van der Waals surface area (Å²) in [6.45, 7) is 0.426. The molecule has 0 aliphatic heterocycles. The number of hydrogen-bond donors (Lipinski definition) is 1. The lowest BCUT2D eigenvalue weighted by atomic mass is 10.2. The van der Waals surface area contributed by atoms with Crippen molar-refractivity contribution in [3.63, 3.8) is 0 Å². The Balaban J connectivity index is 1.51. The number of aromatic nitrogens is 2. The number of hydrogen-bond acceptors (Lipinski definition) is 4. The van der Waals surface area contributed by atoms with E-state index in [1.54, 1.807) is 10.7 Å². The molecule has 0 aliphatic rings. The molecule has 0 fully saturated rings. The smallest absolute Gasteiger partial charge is 0.288 e. The number of halogens is 1. The largest absolute Gasteiger partial charge is 0.352 e. The number of nitrogens with zero attached hydrogens (tertiary/aromatic N) is 3. The van der Waals surface area contributed by atoms with Gasteiger partial charge in [0, 0.05) is 31.3 Å². The van der Waals surface area contributed by atoms with Crippen LogP contribution in [-0.4, -0.2) is 27.2 Å². The van der Waals surface area contributed by atoms with Crippen molar-refractivity contribution in [2.75, 3.05) is 6.54 Å². The molecule has 2 aromatic carbocycles. The van der Waals surface area contributed by atoms with E-state index in [0.29, 0.717) is 18.5 Å². The van der Waals surface area contributed by atoms with Crippen molar-refractivity contribution in [2.24, 2.45) is 0 Å². The molecule has 142 valence electrons. The molecule has 0 atom stereocenters. The fraction of sp³-hybridized carbons (Fsp3) is 0.100. The van der Waals surface area contributed by atoms with Crippen LogP contribution in [0.2, 0.25) is 5.02 Å². The fourth-order valence-electron chi connectivity index (χ4n) is 2.54. The van der Waals surface area contributed by atoms with Crippen molar-refractivity contribution in [3.05, 3.63) is 93.3 Å². The first-order valence-electron chi connectivity index (χ1n) is 8.53. The lowest BCUT2D eigenvalue weighted by Crippen LogP contribution is -2.23. The third kappa shape index (κ3) is 5.05. The average Bonchev–Trinajstić information content (AvgIpc) is 3.17. The monoisotopic (exact) mass is 396 g/mol. The van der Waals surface area contributed by atoms with E-state index >= 15 is 0 Å². The summed E-state index contributed by atoms with van der Waals surface area (Å²) >= 11 is 5.77. The van der Waals surface area contributed by atoms with Gasteiger partial charge in [0.15, 0.2) is 0 Å². The van der Waals surface area contributed by atoms with Gasteiger partial charge in [-0.2, -0.15) is 5.10 Å². The molecule has 0 saturated heterocycles. The number of nitrogens with one attached hydrogen (secondary N) is 1. The first kappa shape index (κ1) is 19.3. The third-order valence-corrected chi connectivity index (χ3v) is 4.26. The number of nitro groups is 1. The molecule has 0 spiro atoms. The molecule has 8 heteroatoms. The molecule has 1 heterocycles. The van der Waals surface area contributed by atoms with Gasteiger partial charge >= 0.3 is 0 Å². The molecule has 7 nitrogen and oxygen atoms in total. The topological polar surface area (TPSA) is 90.1 Å². The minimum absolute atomic E-state index is 0.0570. The van der Waals surface area contributed by atoms with Crippen LogP contribution in [0.15, 0.2) is 66.9 Å². The van der Waals surface area contributed by atoms with Gasteiger partial charge in [0.2, 0.25) is 5.91 Å². The minimum atomic E-state index is -0.561. The Bertz CT molecular complexity index is 1020. The molecule has 1 aromatic heterocycles. The molecule has 0 aliphatic carbocycles. The summed E-state index contributed by atoms with van der Waals surface area (Å²) in [7, 11) is 0. The van der Waals surface area contributed by atoms with Gasteiger partial charge in [-0.1, -0.05) is 35.9 Å². The van der Waals surface area contributed by atoms with E-state index in [1.165, 1.54) is 24.3 Å². The molecule has 0 bridgehead atoms. The quantitative estimate of drug-likeness (QED) is 0.373. The molecule has 0 unspecified atom stereocenters. The summed E-state index contributed by atoms with van der Waals surface area (Å²) in [4.78, 5) is 22.3. The normalized spacial score (nSPS) is 10.9. The highest BCUT2D eigenvalue weighted by molar-refractivity contribution is 6.32. The summed E-state index contributed by atoms with van der Waals surface area (Å²) in [5.74, 6) is -0.292. The number of benzene rings is 2. The van der Waals surface area contributed by atoms with Gasteiger partial charge < -0.3 is 5.32 Å². The van der Waals surface area contributed by atoms with Crippen LogP contribution in [0.5, 0.6) is 0 Å². The van der Waals surface area contributed by atoms with Crippen LogP contribution in [-0.2, 0) is 11.2 Å². The Hall–Kier alpha value is -3.45. The molecule has 28 heavy (non-hydrogen) atoms. The van der Waals surface area contributed by atoms with E-state index in [9.17, 15) is 14.9 Å². The first-order valence-corrected chi connectivity index (χ1v) is 8.90. The third-order valence-electron chi connectivity index (χ3n) is 3.94. The second-order valence-corrected chi connectivity index (χ2v) is 6.34. The molecular formula is C20H17ClN4O3. The maximum Gasteiger partial charge on any atom is 0.288 e. The van der Waals surface area contributed by atoms with Crippen molar-refractivity contribution in [1.82, 2.24) is 15.1 Å². The van der Waals surface area contributed by atoms with Crippen molar-refractivity contribution < 1.29 is 9.72 Å². The SMILES string of the molecule is O=C(/C=C/c1ccc(Cl)c([N+](=O)[O-])c1)NCCc1ccn(-c2ccccc2)n1. The predicted octanol–water partition coefficient (Wildman–Crippen LogP) is 3.81. The summed E-state index contributed by atoms with van der Waals surface area (Å²) in [5, 5.41) is 18.2. The highest BCUT2D eigenvalue weighted by Gasteiger charge is 2.11. The summed E-state index contributed by atoms with van der Waals surface area (Å²) in [5.41, 5.74) is 2.16. The number of carbonyl (C=O) groups is 1. The number of para-hydroxylation sites is 1. The minimum Gasteiger partial charge on any atom is -0.352 e. The number of rotatable bonds is 7. The van der Waals surface area contributed by atoms with Gasteiger partial charge in [0.25, 0.3) is 5.69 Å². The number of nitro benzene ring substituents is 1.